The van der Waals surface area contributed by atoms with E-state index in [1.165, 1.54) is 50.5 Å². The number of hydrogen-bond acceptors (Lipinski definition) is 1. The van der Waals surface area contributed by atoms with Crippen LogP contribution < -0.4 is 5.73 Å². The van der Waals surface area contributed by atoms with Gasteiger partial charge in [-0.05, 0) is 30.0 Å². The van der Waals surface area contributed by atoms with E-state index in [9.17, 15) is 4.79 Å². The van der Waals surface area contributed by atoms with Gasteiger partial charge in [0.15, 0.2) is 0 Å². The Morgan fingerprint density at radius 3 is 2.42 bits per heavy atom. The Morgan fingerprint density at radius 2 is 1.79 bits per heavy atom. The molecule has 1 aromatic carbocycles. The topological polar surface area (TPSA) is 43.1 Å². The first-order valence-electron chi connectivity index (χ1n) is 7.25. The Labute approximate surface area is 120 Å². The number of halogens is 1. The fourth-order valence-corrected chi connectivity index (χ4v) is 3.18. The molecule has 1 aliphatic rings. The third kappa shape index (κ3) is 4.24. The Hall–Kier alpha value is -1.02. The van der Waals surface area contributed by atoms with Crippen molar-refractivity contribution in [3.8, 4) is 0 Å². The van der Waals surface area contributed by atoms with Crippen molar-refractivity contribution in [2.24, 2.45) is 11.7 Å². The van der Waals surface area contributed by atoms with Crippen LogP contribution in [0.4, 0.5) is 0 Å². The van der Waals surface area contributed by atoms with Crippen molar-refractivity contribution in [1.82, 2.24) is 0 Å². The molecule has 0 atom stereocenters. The normalized spacial score (nSPS) is 17.7. The van der Waals surface area contributed by atoms with Gasteiger partial charge < -0.3 is 5.73 Å². The van der Waals surface area contributed by atoms with Crippen LogP contribution in [0.2, 0.25) is 5.02 Å². The molecule has 0 unspecified atom stereocenters. The lowest BCUT2D eigenvalue weighted by atomic mass is 9.86. The molecule has 2 rings (SSSR count). The van der Waals surface area contributed by atoms with Crippen LogP contribution in [-0.4, -0.2) is 5.91 Å². The smallest absolute Gasteiger partial charge is 0.250 e. The fourth-order valence-electron chi connectivity index (χ4n) is 2.97. The second-order valence-corrected chi connectivity index (χ2v) is 6.00. The van der Waals surface area contributed by atoms with Gasteiger partial charge in [0.05, 0.1) is 10.6 Å². The van der Waals surface area contributed by atoms with Gasteiger partial charge >= 0.3 is 0 Å². The van der Waals surface area contributed by atoms with E-state index in [-0.39, 0.29) is 0 Å². The molecule has 0 saturated heterocycles. The van der Waals surface area contributed by atoms with Gasteiger partial charge in [-0.15, -0.1) is 0 Å². The zero-order valence-corrected chi connectivity index (χ0v) is 12.1. The standard InChI is InChI=1S/C16H22ClNO/c17-15-9-8-13(11-14(15)16(18)19)10-12-6-4-2-1-3-5-7-12/h8-9,11-12H,1-7,10H2,(H2,18,19). The lowest BCUT2D eigenvalue weighted by molar-refractivity contribution is 0.100. The molecular formula is C16H22ClNO. The van der Waals surface area contributed by atoms with E-state index < -0.39 is 5.91 Å². The largest absolute Gasteiger partial charge is 0.366 e. The lowest BCUT2D eigenvalue weighted by Gasteiger charge is -2.20. The molecule has 1 saturated carbocycles. The van der Waals surface area contributed by atoms with Crippen LogP contribution in [0.3, 0.4) is 0 Å². The summed E-state index contributed by atoms with van der Waals surface area (Å²) in [6.07, 6.45) is 10.4. The third-order valence-corrected chi connectivity index (χ3v) is 4.37. The first-order chi connectivity index (χ1) is 9.16. The van der Waals surface area contributed by atoms with E-state index in [0.29, 0.717) is 10.6 Å². The first-order valence-corrected chi connectivity index (χ1v) is 7.63. The zero-order chi connectivity index (χ0) is 13.7. The zero-order valence-electron chi connectivity index (χ0n) is 11.3. The summed E-state index contributed by atoms with van der Waals surface area (Å²) in [5, 5.41) is 0.453. The maximum Gasteiger partial charge on any atom is 0.250 e. The highest BCUT2D eigenvalue weighted by Gasteiger charge is 2.14. The number of primary amides is 1. The maximum absolute atomic E-state index is 11.3. The molecule has 104 valence electrons. The van der Waals surface area contributed by atoms with E-state index in [1.54, 1.807) is 6.07 Å². The highest BCUT2D eigenvalue weighted by molar-refractivity contribution is 6.33. The van der Waals surface area contributed by atoms with Gasteiger partial charge in [-0.1, -0.05) is 62.6 Å². The molecule has 0 aliphatic heterocycles. The average molecular weight is 280 g/mol. The monoisotopic (exact) mass is 279 g/mol. The van der Waals surface area contributed by atoms with Crippen molar-refractivity contribution in [3.05, 3.63) is 34.3 Å². The number of carbonyl (C=O) groups excluding carboxylic acids is 1. The van der Waals surface area contributed by atoms with Crippen LogP contribution >= 0.6 is 11.6 Å². The molecule has 0 radical (unpaired) electrons. The van der Waals surface area contributed by atoms with Crippen molar-refractivity contribution < 1.29 is 4.79 Å². The van der Waals surface area contributed by atoms with Gasteiger partial charge in [0.25, 0.3) is 0 Å². The quantitative estimate of drug-likeness (QED) is 0.879. The Bertz CT molecular complexity index is 436. The molecule has 3 heteroatoms. The van der Waals surface area contributed by atoms with Crippen molar-refractivity contribution >= 4 is 17.5 Å². The van der Waals surface area contributed by atoms with Crippen molar-refractivity contribution in [3.63, 3.8) is 0 Å². The van der Waals surface area contributed by atoms with Crippen LogP contribution in [-0.2, 0) is 6.42 Å². The Kier molecular flexibility index (Phi) is 5.26. The minimum atomic E-state index is -0.440. The predicted octanol–water partition coefficient (Wildman–Crippen LogP) is 4.34. The fraction of sp³-hybridized carbons (Fsp3) is 0.562. The summed E-state index contributed by atoms with van der Waals surface area (Å²) in [7, 11) is 0. The van der Waals surface area contributed by atoms with E-state index in [0.717, 1.165) is 12.3 Å². The number of nitrogens with two attached hydrogens (primary N) is 1. The Morgan fingerprint density at radius 1 is 1.16 bits per heavy atom. The SMILES string of the molecule is NC(=O)c1cc(CC2CCCCCCC2)ccc1Cl. The molecule has 0 aromatic heterocycles. The predicted molar refractivity (Wildman–Crippen MR) is 79.5 cm³/mol. The molecule has 2 N–H and O–H groups in total. The summed E-state index contributed by atoms with van der Waals surface area (Å²) in [5.74, 6) is 0.298. The molecule has 1 fully saturated rings. The lowest BCUT2D eigenvalue weighted by Crippen LogP contribution is -2.13. The molecule has 19 heavy (non-hydrogen) atoms. The molecule has 1 amide bonds. The summed E-state index contributed by atoms with van der Waals surface area (Å²) in [4.78, 5) is 11.3. The molecule has 0 spiro atoms. The van der Waals surface area contributed by atoms with Gasteiger partial charge in [0, 0.05) is 0 Å². The molecule has 1 aromatic rings. The highest BCUT2D eigenvalue weighted by atomic mass is 35.5. The van der Waals surface area contributed by atoms with Crippen LogP contribution in [0.15, 0.2) is 18.2 Å². The molecule has 1 aliphatic carbocycles. The number of benzene rings is 1. The summed E-state index contributed by atoms with van der Waals surface area (Å²) < 4.78 is 0. The van der Waals surface area contributed by atoms with Gasteiger partial charge in [-0.2, -0.15) is 0 Å². The number of amides is 1. The summed E-state index contributed by atoms with van der Waals surface area (Å²) in [6.45, 7) is 0. The van der Waals surface area contributed by atoms with Crippen molar-refractivity contribution in [1.29, 1.82) is 0 Å². The van der Waals surface area contributed by atoms with Crippen LogP contribution in [0.1, 0.15) is 60.9 Å². The van der Waals surface area contributed by atoms with Crippen LogP contribution in [0.5, 0.6) is 0 Å². The Balaban J connectivity index is 2.05. The van der Waals surface area contributed by atoms with Crippen molar-refractivity contribution in [2.45, 2.75) is 51.4 Å². The summed E-state index contributed by atoms with van der Waals surface area (Å²) in [5.41, 5.74) is 6.97. The van der Waals surface area contributed by atoms with Crippen molar-refractivity contribution in [2.75, 3.05) is 0 Å². The van der Waals surface area contributed by atoms with Gasteiger partial charge in [-0.3, -0.25) is 4.79 Å². The van der Waals surface area contributed by atoms with E-state index in [4.69, 9.17) is 17.3 Å². The van der Waals surface area contributed by atoms with E-state index in [2.05, 4.69) is 0 Å². The number of carbonyl (C=O) groups is 1. The minimum Gasteiger partial charge on any atom is -0.366 e. The van der Waals surface area contributed by atoms with Gasteiger partial charge in [0.1, 0.15) is 0 Å². The van der Waals surface area contributed by atoms with Gasteiger partial charge in [0.2, 0.25) is 5.91 Å². The third-order valence-electron chi connectivity index (χ3n) is 4.05. The number of rotatable bonds is 3. The summed E-state index contributed by atoms with van der Waals surface area (Å²) >= 11 is 5.98. The minimum absolute atomic E-state index is 0.440. The first kappa shape index (κ1) is 14.4. The molecule has 2 nitrogen and oxygen atoms in total. The van der Waals surface area contributed by atoms with E-state index in [1.807, 2.05) is 12.1 Å². The van der Waals surface area contributed by atoms with E-state index >= 15 is 0 Å². The molecular weight excluding hydrogens is 258 g/mol. The second-order valence-electron chi connectivity index (χ2n) is 5.59. The molecule has 0 bridgehead atoms. The van der Waals surface area contributed by atoms with Gasteiger partial charge in [-0.25, -0.2) is 0 Å². The molecule has 0 heterocycles. The van der Waals surface area contributed by atoms with Crippen LogP contribution in [0.25, 0.3) is 0 Å². The second kappa shape index (κ2) is 6.95. The maximum atomic E-state index is 11.3. The average Bonchev–Trinajstić information content (AvgIpc) is 2.34. The number of hydrogen-bond donors (Lipinski definition) is 1. The summed E-state index contributed by atoms with van der Waals surface area (Å²) in [6, 6.07) is 5.68. The highest BCUT2D eigenvalue weighted by Crippen LogP contribution is 2.26. The van der Waals surface area contributed by atoms with Crippen LogP contribution in [0, 0.1) is 5.92 Å².